The largest absolute Gasteiger partial charge is 0.373 e. The lowest BCUT2D eigenvalue weighted by Crippen LogP contribution is -2.32. The Labute approximate surface area is 109 Å². The van der Waals surface area contributed by atoms with E-state index in [1.807, 2.05) is 13.8 Å². The maximum atomic E-state index is 12.4. The third-order valence-corrected chi connectivity index (χ3v) is 4.46. The molecule has 18 heavy (non-hydrogen) atoms. The maximum absolute atomic E-state index is 12.4. The van der Waals surface area contributed by atoms with Crippen LogP contribution in [0.3, 0.4) is 0 Å². The van der Waals surface area contributed by atoms with Gasteiger partial charge >= 0.3 is 0 Å². The zero-order chi connectivity index (χ0) is 13.6. The molecule has 5 nitrogen and oxygen atoms in total. The van der Waals surface area contributed by atoms with E-state index in [9.17, 15) is 8.42 Å². The van der Waals surface area contributed by atoms with Gasteiger partial charge in [0.1, 0.15) is 10.7 Å². The average Bonchev–Trinajstić information content (AvgIpc) is 2.38. The molecule has 0 aliphatic rings. The number of sulfonamides is 1. The van der Waals surface area contributed by atoms with Crippen LogP contribution in [0.5, 0.6) is 0 Å². The fourth-order valence-electron chi connectivity index (χ4n) is 1.68. The van der Waals surface area contributed by atoms with Gasteiger partial charge in [-0.05, 0) is 25.0 Å². The van der Waals surface area contributed by atoms with Crippen LogP contribution in [0, 0.1) is 0 Å². The van der Waals surface area contributed by atoms with Crippen molar-refractivity contribution in [3.05, 3.63) is 18.3 Å². The van der Waals surface area contributed by atoms with E-state index in [0.717, 1.165) is 12.8 Å². The Balaban J connectivity index is 3.01. The Kier molecular flexibility index (Phi) is 5.55. The molecule has 0 amide bonds. The van der Waals surface area contributed by atoms with E-state index in [2.05, 4.69) is 10.3 Å². The van der Waals surface area contributed by atoms with Gasteiger partial charge in [-0.2, -0.15) is 4.31 Å². The molecule has 0 aliphatic carbocycles. The van der Waals surface area contributed by atoms with Crippen LogP contribution < -0.4 is 5.32 Å². The van der Waals surface area contributed by atoms with Gasteiger partial charge in [0.25, 0.3) is 0 Å². The van der Waals surface area contributed by atoms with Crippen LogP contribution >= 0.6 is 0 Å². The third-order valence-electron chi connectivity index (χ3n) is 2.58. The first kappa shape index (κ1) is 14.9. The van der Waals surface area contributed by atoms with E-state index in [-0.39, 0.29) is 4.90 Å². The van der Waals surface area contributed by atoms with Gasteiger partial charge in [0, 0.05) is 26.3 Å². The van der Waals surface area contributed by atoms with Gasteiger partial charge in [0.15, 0.2) is 0 Å². The molecule has 0 atom stereocenters. The summed E-state index contributed by atoms with van der Waals surface area (Å²) in [6, 6.07) is 3.26. The van der Waals surface area contributed by atoms with Crippen molar-refractivity contribution in [1.82, 2.24) is 9.29 Å². The van der Waals surface area contributed by atoms with E-state index in [1.165, 1.54) is 10.5 Å². The van der Waals surface area contributed by atoms with Crippen LogP contribution in [0.2, 0.25) is 0 Å². The summed E-state index contributed by atoms with van der Waals surface area (Å²) in [5.41, 5.74) is 0. The predicted octanol–water partition coefficient (Wildman–Crippen LogP) is 1.93. The smallest absolute Gasteiger partial charge is 0.244 e. The number of nitrogens with zero attached hydrogens (tertiary/aromatic N) is 2. The second-order valence-electron chi connectivity index (χ2n) is 4.03. The molecule has 0 fully saturated rings. The van der Waals surface area contributed by atoms with Crippen molar-refractivity contribution in [3.63, 3.8) is 0 Å². The van der Waals surface area contributed by atoms with E-state index >= 15 is 0 Å². The van der Waals surface area contributed by atoms with Crippen LogP contribution in [0.4, 0.5) is 5.82 Å². The fourth-order valence-corrected chi connectivity index (χ4v) is 3.25. The first-order chi connectivity index (χ1) is 8.56. The molecule has 1 N–H and O–H groups in total. The van der Waals surface area contributed by atoms with Gasteiger partial charge in [-0.1, -0.05) is 13.8 Å². The number of hydrogen-bond donors (Lipinski definition) is 1. The Hall–Kier alpha value is -1.14. The quantitative estimate of drug-likeness (QED) is 0.823. The van der Waals surface area contributed by atoms with E-state index in [4.69, 9.17) is 0 Å². The Morgan fingerprint density at radius 1 is 1.22 bits per heavy atom. The molecule has 1 aromatic heterocycles. The zero-order valence-corrected chi connectivity index (χ0v) is 12.0. The lowest BCUT2D eigenvalue weighted by atomic mass is 10.4. The predicted molar refractivity (Wildman–Crippen MR) is 73.1 cm³/mol. The summed E-state index contributed by atoms with van der Waals surface area (Å²) in [7, 11) is -1.66. The minimum Gasteiger partial charge on any atom is -0.373 e. The number of aromatic nitrogens is 1. The molecule has 0 spiro atoms. The first-order valence-electron chi connectivity index (χ1n) is 6.20. The molecule has 1 heterocycles. The van der Waals surface area contributed by atoms with Gasteiger partial charge in [-0.3, -0.25) is 0 Å². The van der Waals surface area contributed by atoms with Crippen molar-refractivity contribution in [1.29, 1.82) is 0 Å². The van der Waals surface area contributed by atoms with Crippen molar-refractivity contribution >= 4 is 15.8 Å². The fraction of sp³-hybridized carbons (Fsp3) is 0.583. The molecule has 0 bridgehead atoms. The van der Waals surface area contributed by atoms with Crippen LogP contribution in [0.15, 0.2) is 23.2 Å². The normalized spacial score (nSPS) is 11.8. The van der Waals surface area contributed by atoms with E-state index in [0.29, 0.717) is 18.9 Å². The standard InChI is InChI=1S/C12H21N3O2S/c1-4-8-15(9-5-2)18(16,17)11-6-7-12(13-3)14-10-11/h6-7,10H,4-5,8-9H2,1-3H3,(H,13,14). The minimum absolute atomic E-state index is 0.253. The lowest BCUT2D eigenvalue weighted by molar-refractivity contribution is 0.410. The summed E-state index contributed by atoms with van der Waals surface area (Å²) in [5.74, 6) is 0.659. The van der Waals surface area contributed by atoms with Crippen LogP contribution in [0.25, 0.3) is 0 Å². The molecule has 1 rings (SSSR count). The Bertz CT molecular complexity index is 451. The van der Waals surface area contributed by atoms with Crippen LogP contribution in [-0.4, -0.2) is 37.8 Å². The van der Waals surface area contributed by atoms with Gasteiger partial charge in [0.05, 0.1) is 0 Å². The molecular formula is C12H21N3O2S. The van der Waals surface area contributed by atoms with Crippen molar-refractivity contribution in [2.75, 3.05) is 25.5 Å². The summed E-state index contributed by atoms with van der Waals surface area (Å²) in [4.78, 5) is 4.30. The molecule has 0 unspecified atom stereocenters. The topological polar surface area (TPSA) is 62.3 Å². The number of pyridine rings is 1. The van der Waals surface area contributed by atoms with Crippen molar-refractivity contribution in [2.24, 2.45) is 0 Å². The number of anilines is 1. The summed E-state index contributed by atoms with van der Waals surface area (Å²) >= 11 is 0. The van der Waals surface area contributed by atoms with E-state index < -0.39 is 10.0 Å². The van der Waals surface area contributed by atoms with Crippen molar-refractivity contribution in [2.45, 2.75) is 31.6 Å². The molecule has 6 heteroatoms. The molecular weight excluding hydrogens is 250 g/mol. The monoisotopic (exact) mass is 271 g/mol. The van der Waals surface area contributed by atoms with Gasteiger partial charge in [0.2, 0.25) is 10.0 Å². The first-order valence-corrected chi connectivity index (χ1v) is 7.64. The maximum Gasteiger partial charge on any atom is 0.244 e. The summed E-state index contributed by atoms with van der Waals surface area (Å²) < 4.78 is 26.3. The number of rotatable bonds is 7. The number of hydrogen-bond acceptors (Lipinski definition) is 4. The zero-order valence-electron chi connectivity index (χ0n) is 11.2. The average molecular weight is 271 g/mol. The number of nitrogens with one attached hydrogen (secondary N) is 1. The summed E-state index contributed by atoms with van der Waals surface area (Å²) in [6.07, 6.45) is 3.02. The van der Waals surface area contributed by atoms with Crippen LogP contribution in [0.1, 0.15) is 26.7 Å². The lowest BCUT2D eigenvalue weighted by Gasteiger charge is -2.20. The molecule has 0 aromatic carbocycles. The summed E-state index contributed by atoms with van der Waals surface area (Å²) in [5, 5.41) is 2.87. The second-order valence-corrected chi connectivity index (χ2v) is 5.97. The van der Waals surface area contributed by atoms with Crippen LogP contribution in [-0.2, 0) is 10.0 Å². The second kappa shape index (κ2) is 6.70. The molecule has 0 radical (unpaired) electrons. The van der Waals surface area contributed by atoms with Crippen molar-refractivity contribution in [3.8, 4) is 0 Å². The minimum atomic E-state index is -3.41. The van der Waals surface area contributed by atoms with Gasteiger partial charge in [-0.25, -0.2) is 13.4 Å². The highest BCUT2D eigenvalue weighted by atomic mass is 32.2. The summed E-state index contributed by atoms with van der Waals surface area (Å²) in [6.45, 7) is 5.04. The Morgan fingerprint density at radius 2 is 1.83 bits per heavy atom. The Morgan fingerprint density at radius 3 is 2.22 bits per heavy atom. The highest BCUT2D eigenvalue weighted by molar-refractivity contribution is 7.89. The molecule has 0 aliphatic heterocycles. The molecule has 0 saturated carbocycles. The van der Waals surface area contributed by atoms with Gasteiger partial charge in [-0.15, -0.1) is 0 Å². The van der Waals surface area contributed by atoms with Gasteiger partial charge < -0.3 is 5.32 Å². The SMILES string of the molecule is CCCN(CCC)S(=O)(=O)c1ccc(NC)nc1. The highest BCUT2D eigenvalue weighted by Crippen LogP contribution is 2.16. The highest BCUT2D eigenvalue weighted by Gasteiger charge is 2.23. The van der Waals surface area contributed by atoms with Crippen molar-refractivity contribution < 1.29 is 8.42 Å². The molecule has 0 saturated heterocycles. The third kappa shape index (κ3) is 3.43. The van der Waals surface area contributed by atoms with E-state index in [1.54, 1.807) is 19.2 Å². The molecule has 1 aromatic rings. The molecule has 102 valence electrons.